The minimum Gasteiger partial charge on any atom is -1.00 e. The molecule has 2 aromatic rings. The van der Waals surface area contributed by atoms with Gasteiger partial charge in [0.2, 0.25) is 17.3 Å². The van der Waals surface area contributed by atoms with Gasteiger partial charge in [-0.25, -0.2) is 8.42 Å². The fourth-order valence-electron chi connectivity index (χ4n) is 8.02. The average molecular weight is 1030 g/mol. The fourth-order valence-corrected chi connectivity index (χ4v) is 8.91. The zero-order chi connectivity index (χ0) is 44.0. The van der Waals surface area contributed by atoms with E-state index in [4.69, 9.17) is 9.47 Å². The predicted octanol–water partition coefficient (Wildman–Crippen LogP) is -2.97. The van der Waals surface area contributed by atoms with Crippen LogP contribution in [0.15, 0.2) is 80.9 Å². The molecule has 3 aliphatic rings. The zero-order valence-corrected chi connectivity index (χ0v) is 46.5. The number of ether oxygens (including phenoxy) is 2. The van der Waals surface area contributed by atoms with Crippen LogP contribution in [-0.4, -0.2) is 78.2 Å². The number of Topliss-reactive ketones (excluding diaryl/α,β-unsaturated/α-hetero) is 2. The van der Waals surface area contributed by atoms with E-state index in [2.05, 4.69) is 9.37 Å². The molecule has 2 aromatic carbocycles. The fraction of sp³-hybridized carbons (Fsp3) is 0.465. The van der Waals surface area contributed by atoms with Gasteiger partial charge in [0, 0.05) is 65.2 Å². The van der Waals surface area contributed by atoms with E-state index in [1.54, 1.807) is 33.8 Å². The van der Waals surface area contributed by atoms with Crippen molar-refractivity contribution >= 4 is 62.8 Å². The van der Waals surface area contributed by atoms with E-state index in [-0.39, 0.29) is 162 Å². The first-order chi connectivity index (χ1) is 28.4. The van der Waals surface area contributed by atoms with Gasteiger partial charge in [-0.1, -0.05) is 20.3 Å². The number of fused-ring (bicyclic) bond motifs is 2. The molecule has 0 saturated carbocycles. The summed E-state index contributed by atoms with van der Waals surface area (Å²) in [5.74, 6) is -2.93. The second kappa shape index (κ2) is 25.5. The van der Waals surface area contributed by atoms with E-state index >= 15 is 0 Å². The standard InChI is InChI=1S/C43H52N2O13S2.BrH.2K/c1-7-55-37(46)15-11-9-13-21-44-33-19-17-27(59-58-57-51)23-31(33)42(3,4)35(44)25-29-39(48)30(41(50)40(29)49)26-36-43(5,6)32-24-28(60(52,53)54)18-20-34(32)45(36)22-14-10-12-16-38(47)56-8-2;;;/h17-20,23-26H,7-16,21-22H2,1-6H3,(H2-,48,49,50,51,52,53,54);1H;;/q;;2*+1/p-2. The van der Waals surface area contributed by atoms with Gasteiger partial charge in [0.1, 0.15) is 22.4 Å². The van der Waals surface area contributed by atoms with E-state index in [1.807, 2.05) is 35.5 Å². The smallest absolute Gasteiger partial charge is 1.00 e. The largest absolute Gasteiger partial charge is 1.00 e. The summed E-state index contributed by atoms with van der Waals surface area (Å²) in [5, 5.41) is 25.9. The van der Waals surface area contributed by atoms with Crippen molar-refractivity contribution in [2.24, 2.45) is 0 Å². The van der Waals surface area contributed by atoms with Gasteiger partial charge in [-0.05, 0) is 95.3 Å². The Labute approximate surface area is 468 Å². The van der Waals surface area contributed by atoms with Crippen LogP contribution in [0.25, 0.3) is 0 Å². The molecule has 0 fully saturated rings. The Morgan fingerprint density at radius 2 is 1.46 bits per heavy atom. The number of nitrogens with zero attached hydrogens (tertiary/aromatic N) is 2. The normalized spacial score (nSPS) is 17.4. The predicted molar refractivity (Wildman–Crippen MR) is 218 cm³/mol. The van der Waals surface area contributed by atoms with Crippen LogP contribution in [0, 0.1) is 0 Å². The monoisotopic (exact) mass is 1020 g/mol. The summed E-state index contributed by atoms with van der Waals surface area (Å²) >= 11 is 0.735. The molecule has 0 bridgehead atoms. The quantitative estimate of drug-likeness (QED) is 0.0134. The summed E-state index contributed by atoms with van der Waals surface area (Å²) in [6, 6.07) is 9.51. The molecule has 0 aromatic heterocycles. The number of anilines is 1. The molecule has 20 heteroatoms. The summed E-state index contributed by atoms with van der Waals surface area (Å²) in [6.45, 7) is 12.4. The zero-order valence-electron chi connectivity index (χ0n) is 37.0. The molecule has 332 valence electrons. The molecule has 5 rings (SSSR count). The maximum absolute atomic E-state index is 13.9. The number of rotatable bonds is 20. The first kappa shape index (κ1) is 58.2. The molecule has 0 spiro atoms. The van der Waals surface area contributed by atoms with E-state index in [0.717, 1.165) is 23.3 Å². The molecule has 1 N–H and O–H groups in total. The van der Waals surface area contributed by atoms with Crippen molar-refractivity contribution in [3.63, 3.8) is 0 Å². The SMILES string of the molecule is CCOC(=O)CCCCCN1C(=CC2=C(O)C(=CC3=[N+](CCCCCC(=O)OCC)c4ccc(SOO[O-])cc4C3(C)C)C(=O)C2=O)C(C)(C)c2cc(S(=O)(=O)[O-])ccc21.[Br-].[K+].[K+]. The van der Waals surface area contributed by atoms with Crippen molar-refractivity contribution in [1.82, 2.24) is 0 Å². The topological polar surface area (TPSA) is 212 Å². The van der Waals surface area contributed by atoms with Crippen LogP contribution in [0.1, 0.15) is 104 Å². The van der Waals surface area contributed by atoms with Crippen LogP contribution in [-0.2, 0) is 59.0 Å². The van der Waals surface area contributed by atoms with Crippen molar-refractivity contribution in [3.8, 4) is 0 Å². The van der Waals surface area contributed by atoms with E-state index < -0.39 is 43.2 Å². The van der Waals surface area contributed by atoms with E-state index in [1.165, 1.54) is 30.4 Å². The number of hydrogen-bond acceptors (Lipinski definition) is 15. The first-order valence-electron chi connectivity index (χ1n) is 20.0. The molecule has 15 nitrogen and oxygen atoms in total. The number of unbranched alkanes of at least 4 members (excludes halogenated alkanes) is 4. The Bertz CT molecular complexity index is 2290. The van der Waals surface area contributed by atoms with Gasteiger partial charge in [-0.15, -0.1) is 0 Å². The minimum absolute atomic E-state index is 0. The van der Waals surface area contributed by atoms with Crippen molar-refractivity contribution in [2.75, 3.05) is 31.2 Å². The number of halogens is 1. The summed E-state index contributed by atoms with van der Waals surface area (Å²) in [6.07, 6.45) is 7.26. The third-order valence-electron chi connectivity index (χ3n) is 11.1. The van der Waals surface area contributed by atoms with Crippen molar-refractivity contribution in [3.05, 3.63) is 82.3 Å². The van der Waals surface area contributed by atoms with Gasteiger partial charge < -0.3 is 46.3 Å². The molecule has 63 heavy (non-hydrogen) atoms. The summed E-state index contributed by atoms with van der Waals surface area (Å²) in [7, 11) is -4.81. The van der Waals surface area contributed by atoms with Crippen molar-refractivity contribution in [2.45, 2.75) is 114 Å². The summed E-state index contributed by atoms with van der Waals surface area (Å²) in [4.78, 5) is 53.7. The molecule has 2 aliphatic heterocycles. The number of aliphatic hydroxyl groups is 1. The Hall–Kier alpha value is -0.897. The van der Waals surface area contributed by atoms with Gasteiger partial charge in [0.05, 0.1) is 46.7 Å². The number of carbonyl (C=O) groups is 4. The van der Waals surface area contributed by atoms with Gasteiger partial charge >= 0.3 is 115 Å². The molecular formula is C43H51BrK2N2O13S2. The number of carbonyl (C=O) groups excluding carboxylic acids is 4. The number of esters is 2. The maximum Gasteiger partial charge on any atom is 1.00 e. The number of ketones is 2. The Morgan fingerprint density at radius 3 is 2.05 bits per heavy atom. The van der Waals surface area contributed by atoms with Crippen LogP contribution in [0.5, 0.6) is 0 Å². The number of aliphatic hydroxyl groups excluding tert-OH is 1. The molecule has 1 aliphatic carbocycles. The van der Waals surface area contributed by atoms with Crippen molar-refractivity contribution in [1.29, 1.82) is 0 Å². The molecule has 0 radical (unpaired) electrons. The van der Waals surface area contributed by atoms with Crippen LogP contribution in [0.2, 0.25) is 0 Å². The Kier molecular flexibility index (Phi) is 23.5. The second-order valence-corrected chi connectivity index (χ2v) is 17.9. The molecule has 0 unspecified atom stereocenters. The Morgan fingerprint density at radius 1 is 0.841 bits per heavy atom. The van der Waals surface area contributed by atoms with Crippen LogP contribution in [0.4, 0.5) is 11.4 Å². The van der Waals surface area contributed by atoms with Gasteiger partial charge in [0.25, 0.3) is 0 Å². The van der Waals surface area contributed by atoms with Crippen LogP contribution >= 0.6 is 12.0 Å². The third-order valence-corrected chi connectivity index (χ3v) is 12.5. The van der Waals surface area contributed by atoms with E-state index in [0.29, 0.717) is 85.8 Å². The van der Waals surface area contributed by atoms with Crippen LogP contribution < -0.4 is 130 Å². The first-order valence-corrected chi connectivity index (χ1v) is 22.1. The molecular weight excluding hydrogens is 975 g/mol. The number of allylic oxidation sites excluding steroid dienone is 5. The van der Waals surface area contributed by atoms with Gasteiger partial charge in [-0.2, -0.15) is 8.91 Å². The average Bonchev–Trinajstić information content (AvgIpc) is 3.63. The maximum atomic E-state index is 13.9. The second-order valence-electron chi connectivity index (χ2n) is 15.7. The van der Waals surface area contributed by atoms with Gasteiger partial charge in [0.15, 0.2) is 5.71 Å². The Balaban J connectivity index is 0.00000455. The third kappa shape index (κ3) is 13.6. The molecule has 2 heterocycles. The molecule has 0 atom stereocenters. The summed E-state index contributed by atoms with van der Waals surface area (Å²) < 4.78 is 52.9. The van der Waals surface area contributed by atoms with Crippen molar-refractivity contribution < 1.29 is 186 Å². The van der Waals surface area contributed by atoms with Gasteiger partial charge in [-0.3, -0.25) is 24.2 Å². The molecule has 0 amide bonds. The minimum atomic E-state index is -4.81. The number of benzene rings is 2. The van der Waals surface area contributed by atoms with E-state index in [9.17, 15) is 42.5 Å². The summed E-state index contributed by atoms with van der Waals surface area (Å²) in [5.41, 5.74) is 1.62. The molecule has 0 saturated heterocycles. The van der Waals surface area contributed by atoms with Crippen LogP contribution in [0.3, 0.4) is 0 Å². The number of hydrogen-bond donors (Lipinski definition) is 1.